The van der Waals surface area contributed by atoms with E-state index < -0.39 is 0 Å². The summed E-state index contributed by atoms with van der Waals surface area (Å²) in [5.74, 6) is 0.675. The predicted octanol–water partition coefficient (Wildman–Crippen LogP) is 1.30. The van der Waals surface area contributed by atoms with Gasteiger partial charge in [0.2, 0.25) is 5.91 Å². The van der Waals surface area contributed by atoms with E-state index in [2.05, 4.69) is 6.07 Å². The first-order chi connectivity index (χ1) is 6.24. The molecule has 0 aromatic rings. The summed E-state index contributed by atoms with van der Waals surface area (Å²) in [5, 5.41) is 8.90. The highest BCUT2D eigenvalue weighted by Crippen LogP contribution is 2.40. The fourth-order valence-corrected chi connectivity index (χ4v) is 2.86. The van der Waals surface area contributed by atoms with Gasteiger partial charge in [0.25, 0.3) is 0 Å². The summed E-state index contributed by atoms with van der Waals surface area (Å²) in [7, 11) is 0. The zero-order valence-corrected chi connectivity index (χ0v) is 7.86. The van der Waals surface area contributed by atoms with Gasteiger partial charge in [0, 0.05) is 13.0 Å². The Balaban J connectivity index is 2.20. The fraction of sp³-hybridized carbons (Fsp3) is 0.800. The lowest BCUT2D eigenvalue weighted by molar-refractivity contribution is -0.130. The Morgan fingerprint density at radius 3 is 2.92 bits per heavy atom. The van der Waals surface area contributed by atoms with Crippen molar-refractivity contribution in [3.05, 3.63) is 0 Å². The van der Waals surface area contributed by atoms with Crippen molar-refractivity contribution in [3.8, 4) is 6.07 Å². The van der Waals surface area contributed by atoms with Crippen LogP contribution < -0.4 is 0 Å². The molecule has 2 aliphatic rings. The SMILES string of the molecule is CC(=O)N1C(C#N)CC2CCCC21. The standard InChI is InChI=1S/C10H14N2O/c1-7(13)12-9(6-11)5-8-3-2-4-10(8)12/h8-10H,2-5H2,1H3. The number of hydrogen-bond donors (Lipinski definition) is 0. The average molecular weight is 178 g/mol. The molecule has 3 heteroatoms. The van der Waals surface area contributed by atoms with Crippen LogP contribution in [0.5, 0.6) is 0 Å². The van der Waals surface area contributed by atoms with Crippen molar-refractivity contribution >= 4 is 5.91 Å². The minimum Gasteiger partial charge on any atom is -0.324 e. The van der Waals surface area contributed by atoms with Crippen LogP contribution in [-0.2, 0) is 4.79 Å². The molecular formula is C10H14N2O. The highest BCUT2D eigenvalue weighted by atomic mass is 16.2. The molecule has 1 saturated heterocycles. The molecule has 70 valence electrons. The summed E-state index contributed by atoms with van der Waals surface area (Å²) in [6.45, 7) is 1.57. The van der Waals surface area contributed by atoms with Gasteiger partial charge in [-0.15, -0.1) is 0 Å². The molecule has 1 aliphatic heterocycles. The van der Waals surface area contributed by atoms with Gasteiger partial charge in [-0.3, -0.25) is 4.79 Å². The van der Waals surface area contributed by atoms with Crippen LogP contribution in [0.4, 0.5) is 0 Å². The van der Waals surface area contributed by atoms with Crippen LogP contribution in [0, 0.1) is 17.2 Å². The molecule has 0 radical (unpaired) electrons. The first-order valence-electron chi connectivity index (χ1n) is 4.92. The maximum absolute atomic E-state index is 11.3. The van der Waals surface area contributed by atoms with E-state index in [1.165, 1.54) is 12.8 Å². The van der Waals surface area contributed by atoms with E-state index in [-0.39, 0.29) is 11.9 Å². The number of likely N-dealkylation sites (tertiary alicyclic amines) is 1. The van der Waals surface area contributed by atoms with E-state index in [1.54, 1.807) is 11.8 Å². The lowest BCUT2D eigenvalue weighted by Gasteiger charge is -2.24. The summed E-state index contributed by atoms with van der Waals surface area (Å²) < 4.78 is 0. The Morgan fingerprint density at radius 2 is 2.31 bits per heavy atom. The Hall–Kier alpha value is -1.04. The number of rotatable bonds is 0. The first-order valence-corrected chi connectivity index (χ1v) is 4.92. The third kappa shape index (κ3) is 1.21. The van der Waals surface area contributed by atoms with Crippen molar-refractivity contribution in [2.24, 2.45) is 5.92 Å². The molecule has 3 unspecified atom stereocenters. The maximum Gasteiger partial charge on any atom is 0.220 e. The molecule has 1 heterocycles. The molecule has 1 amide bonds. The van der Waals surface area contributed by atoms with E-state index in [4.69, 9.17) is 5.26 Å². The molecule has 1 aliphatic carbocycles. The largest absolute Gasteiger partial charge is 0.324 e. The minimum absolute atomic E-state index is 0.0703. The Kier molecular flexibility index (Phi) is 1.99. The molecular weight excluding hydrogens is 164 g/mol. The van der Waals surface area contributed by atoms with E-state index in [1.807, 2.05) is 0 Å². The number of carbonyl (C=O) groups excluding carboxylic acids is 1. The summed E-state index contributed by atoms with van der Waals surface area (Å²) in [5.41, 5.74) is 0. The number of hydrogen-bond acceptors (Lipinski definition) is 2. The molecule has 0 bridgehead atoms. The summed E-state index contributed by atoms with van der Waals surface area (Å²) in [6.07, 6.45) is 4.42. The lowest BCUT2D eigenvalue weighted by atomic mass is 10.0. The number of carbonyl (C=O) groups is 1. The minimum atomic E-state index is -0.146. The van der Waals surface area contributed by atoms with Crippen LogP contribution in [0.2, 0.25) is 0 Å². The molecule has 3 atom stereocenters. The van der Waals surface area contributed by atoms with Gasteiger partial charge >= 0.3 is 0 Å². The van der Waals surface area contributed by atoms with Crippen LogP contribution >= 0.6 is 0 Å². The second-order valence-electron chi connectivity index (χ2n) is 4.07. The molecule has 2 fully saturated rings. The topological polar surface area (TPSA) is 44.1 Å². The lowest BCUT2D eigenvalue weighted by Crippen LogP contribution is -2.39. The fourth-order valence-electron chi connectivity index (χ4n) is 2.86. The Morgan fingerprint density at radius 1 is 1.54 bits per heavy atom. The third-order valence-electron chi connectivity index (χ3n) is 3.35. The van der Waals surface area contributed by atoms with Gasteiger partial charge in [0.1, 0.15) is 6.04 Å². The van der Waals surface area contributed by atoms with Crippen LogP contribution in [0.1, 0.15) is 32.6 Å². The van der Waals surface area contributed by atoms with Crippen LogP contribution in [0.3, 0.4) is 0 Å². The molecule has 2 rings (SSSR count). The van der Waals surface area contributed by atoms with E-state index in [0.717, 1.165) is 12.8 Å². The summed E-state index contributed by atoms with van der Waals surface area (Å²) >= 11 is 0. The average Bonchev–Trinajstić information content (AvgIpc) is 2.59. The zero-order valence-electron chi connectivity index (χ0n) is 7.86. The second kappa shape index (κ2) is 3.02. The number of fused-ring (bicyclic) bond motifs is 1. The van der Waals surface area contributed by atoms with Crippen LogP contribution in [0.25, 0.3) is 0 Å². The maximum atomic E-state index is 11.3. The Labute approximate surface area is 78.3 Å². The summed E-state index contributed by atoms with van der Waals surface area (Å²) in [6, 6.07) is 2.46. The van der Waals surface area contributed by atoms with Crippen LogP contribution in [-0.4, -0.2) is 22.9 Å². The van der Waals surface area contributed by atoms with E-state index >= 15 is 0 Å². The third-order valence-corrected chi connectivity index (χ3v) is 3.35. The number of amides is 1. The van der Waals surface area contributed by atoms with Gasteiger partial charge in [-0.05, 0) is 25.2 Å². The van der Waals surface area contributed by atoms with Gasteiger partial charge in [-0.25, -0.2) is 0 Å². The zero-order chi connectivity index (χ0) is 9.42. The summed E-state index contributed by atoms with van der Waals surface area (Å²) in [4.78, 5) is 13.1. The van der Waals surface area contributed by atoms with Crippen LogP contribution in [0.15, 0.2) is 0 Å². The first kappa shape index (κ1) is 8.55. The van der Waals surface area contributed by atoms with Crippen molar-refractivity contribution in [3.63, 3.8) is 0 Å². The van der Waals surface area contributed by atoms with Gasteiger partial charge in [-0.1, -0.05) is 6.42 Å². The van der Waals surface area contributed by atoms with Gasteiger partial charge in [0.05, 0.1) is 6.07 Å². The second-order valence-corrected chi connectivity index (χ2v) is 4.07. The van der Waals surface area contributed by atoms with Gasteiger partial charge < -0.3 is 4.90 Å². The molecule has 0 aromatic heterocycles. The van der Waals surface area contributed by atoms with Crippen molar-refractivity contribution in [1.82, 2.24) is 4.90 Å². The van der Waals surface area contributed by atoms with Gasteiger partial charge in [0.15, 0.2) is 0 Å². The quantitative estimate of drug-likeness (QED) is 0.561. The Bertz CT molecular complexity index is 269. The molecule has 3 nitrogen and oxygen atoms in total. The smallest absolute Gasteiger partial charge is 0.220 e. The highest BCUT2D eigenvalue weighted by Gasteiger charge is 2.44. The monoisotopic (exact) mass is 178 g/mol. The molecule has 13 heavy (non-hydrogen) atoms. The molecule has 0 aromatic carbocycles. The molecule has 0 N–H and O–H groups in total. The number of nitrogens with zero attached hydrogens (tertiary/aromatic N) is 2. The van der Waals surface area contributed by atoms with E-state index in [0.29, 0.717) is 12.0 Å². The molecule has 0 spiro atoms. The van der Waals surface area contributed by atoms with Crippen molar-refractivity contribution in [2.75, 3.05) is 0 Å². The van der Waals surface area contributed by atoms with E-state index in [9.17, 15) is 4.79 Å². The highest BCUT2D eigenvalue weighted by molar-refractivity contribution is 5.75. The van der Waals surface area contributed by atoms with Crippen molar-refractivity contribution in [2.45, 2.75) is 44.7 Å². The predicted molar refractivity (Wildman–Crippen MR) is 47.7 cm³/mol. The van der Waals surface area contributed by atoms with Crippen molar-refractivity contribution < 1.29 is 4.79 Å². The molecule has 1 saturated carbocycles. The van der Waals surface area contributed by atoms with Gasteiger partial charge in [-0.2, -0.15) is 5.26 Å². The normalized spacial score (nSPS) is 37.2. The number of nitriles is 1. The van der Waals surface area contributed by atoms with Crippen molar-refractivity contribution in [1.29, 1.82) is 5.26 Å².